The zero-order valence-electron chi connectivity index (χ0n) is 47.4. The van der Waals surface area contributed by atoms with Gasteiger partial charge in [0.2, 0.25) is 0 Å². The van der Waals surface area contributed by atoms with Crippen LogP contribution in [0.5, 0.6) is 0 Å². The van der Waals surface area contributed by atoms with Crippen molar-refractivity contribution >= 4 is 87.5 Å². The normalized spacial score (nSPS) is 11.2. The van der Waals surface area contributed by atoms with E-state index in [4.69, 9.17) is 20.7 Å². The van der Waals surface area contributed by atoms with Crippen molar-refractivity contribution in [2.45, 2.75) is 7.43 Å². The molecule has 0 aliphatic heterocycles. The van der Waals surface area contributed by atoms with Crippen LogP contribution in [-0.4, -0.2) is 16.3 Å². The standard InChI is InChI=1S/C62H36N4O.C14H4F2N2O.CH3F.CH4/c63-37-52-59-47-23-13-14-24-58(47)67-62(59)53(38-64)61(66-56-31-27-45(41-19-9-3-10-20-41)35-50(56)51-36-46(28-32-57(51)66)42-21-11-4-12-22-42)60(52)65-54-29-25-43(39-15-5-1-6-16-39)33-48(54)49-34-44(26-30-55(49)65)40-17-7-2-8-18-40;15-12-8(5-17)11-7-3-1-2-4-10(7)19-14(11)9(6-18)13(12)16;1-2;/h1-36H;1-4H;1H3;1H4/i;;1D;. The van der Waals surface area contributed by atoms with Gasteiger partial charge in [0.1, 0.15) is 52.1 Å². The molecule has 0 saturated carbocycles. The van der Waals surface area contributed by atoms with E-state index in [0.717, 1.165) is 93.5 Å². The quantitative estimate of drug-likeness (QED) is 0.163. The van der Waals surface area contributed by atoms with Crippen molar-refractivity contribution < 1.29 is 23.4 Å². The highest BCUT2D eigenvalue weighted by atomic mass is 19.2. The molecule has 11 heteroatoms. The summed E-state index contributed by atoms with van der Waals surface area (Å²) in [5.41, 5.74) is 14.6. The number of hydrogen-bond donors (Lipinski definition) is 0. The largest absolute Gasteiger partial charge is 0.455 e. The van der Waals surface area contributed by atoms with Gasteiger partial charge in [-0.05, 0) is 105 Å². The number of aromatic nitrogens is 2. The van der Waals surface area contributed by atoms with Crippen LogP contribution >= 0.6 is 0 Å². The minimum atomic E-state index is -1.36. The van der Waals surface area contributed by atoms with Gasteiger partial charge in [-0.2, -0.15) is 21.0 Å². The maximum atomic E-state index is 13.8. The summed E-state index contributed by atoms with van der Waals surface area (Å²) in [7, 11) is -1.00. The first-order valence-electron chi connectivity index (χ1n) is 28.7. The number of para-hydroxylation sites is 2. The summed E-state index contributed by atoms with van der Waals surface area (Å²) >= 11 is 0. The van der Waals surface area contributed by atoms with Crippen LogP contribution in [0.1, 0.15) is 31.1 Å². The summed E-state index contributed by atoms with van der Waals surface area (Å²) < 4.78 is 59.5. The molecule has 0 amide bonds. The molecule has 0 aliphatic rings. The fourth-order valence-corrected chi connectivity index (χ4v) is 12.5. The van der Waals surface area contributed by atoms with Gasteiger partial charge in [-0.1, -0.05) is 189 Å². The molecule has 0 fully saturated rings. The molecule has 0 saturated heterocycles. The van der Waals surface area contributed by atoms with Crippen molar-refractivity contribution in [1.29, 1.82) is 21.0 Å². The molecule has 4 aromatic heterocycles. The lowest BCUT2D eigenvalue weighted by molar-refractivity contribution is 0.503. The maximum absolute atomic E-state index is 13.8. The SMILES string of the molecule is C.N#Cc1c(-n2c3ccc(-c4ccccc4)cc3c3cc(-c4ccccc4)ccc32)c(-n2c3ccc(-c4ccccc4)cc3c3cc(-c4ccccc4)ccc32)c(C#N)c2c1oc1ccccc12.N#Cc1c(F)c(F)c(C#N)c2c1oc1ccccc12.[2H]CF. The third-order valence-electron chi connectivity index (χ3n) is 16.3. The minimum absolute atomic E-state index is 0. The van der Waals surface area contributed by atoms with Crippen molar-refractivity contribution in [2.75, 3.05) is 7.15 Å². The Morgan fingerprint density at radius 2 is 0.618 bits per heavy atom. The summed E-state index contributed by atoms with van der Waals surface area (Å²) in [4.78, 5) is 0. The average molecular weight is 1160 g/mol. The van der Waals surface area contributed by atoms with Crippen molar-refractivity contribution in [3.05, 3.63) is 277 Å². The number of rotatable bonds is 6. The lowest BCUT2D eigenvalue weighted by Crippen LogP contribution is -2.09. The van der Waals surface area contributed by atoms with Gasteiger partial charge in [-0.15, -0.1) is 0 Å². The minimum Gasteiger partial charge on any atom is -0.455 e. The third kappa shape index (κ3) is 8.97. The molecule has 0 atom stereocenters. The molecule has 0 bridgehead atoms. The molecule has 4 heterocycles. The van der Waals surface area contributed by atoms with E-state index >= 15 is 0 Å². The number of nitrogens with zero attached hydrogens (tertiary/aromatic N) is 6. The number of halogens is 3. The highest BCUT2D eigenvalue weighted by molar-refractivity contribution is 6.18. The Kier molecular flexibility index (Phi) is 14.0. The van der Waals surface area contributed by atoms with Gasteiger partial charge < -0.3 is 18.0 Å². The van der Waals surface area contributed by atoms with E-state index < -0.39 is 29.9 Å². The van der Waals surface area contributed by atoms with Crippen LogP contribution in [0.25, 0.3) is 143 Å². The Morgan fingerprint density at radius 1 is 0.337 bits per heavy atom. The van der Waals surface area contributed by atoms with Crippen molar-refractivity contribution in [2.24, 2.45) is 0 Å². The second kappa shape index (κ2) is 22.9. The van der Waals surface area contributed by atoms with Crippen LogP contribution in [-0.2, 0) is 0 Å². The van der Waals surface area contributed by atoms with Gasteiger partial charge in [0, 0.05) is 37.7 Å². The fourth-order valence-electron chi connectivity index (χ4n) is 12.5. The Bertz CT molecular complexity index is 5500. The molecule has 89 heavy (non-hydrogen) atoms. The number of fused-ring (bicyclic) bond motifs is 12. The Labute approximate surface area is 509 Å². The molecule has 422 valence electrons. The van der Waals surface area contributed by atoms with Gasteiger partial charge in [0.15, 0.2) is 22.8 Å². The van der Waals surface area contributed by atoms with Gasteiger partial charge in [-0.3, -0.25) is 4.39 Å². The Morgan fingerprint density at radius 3 is 0.955 bits per heavy atom. The van der Waals surface area contributed by atoms with E-state index in [1.807, 2.05) is 48.5 Å². The third-order valence-corrected chi connectivity index (χ3v) is 16.3. The Hall–Kier alpha value is -12.4. The molecule has 0 N–H and O–H groups in total. The van der Waals surface area contributed by atoms with Gasteiger partial charge in [-0.25, -0.2) is 8.78 Å². The predicted molar refractivity (Wildman–Crippen MR) is 350 cm³/mol. The molecule has 16 rings (SSSR count). The van der Waals surface area contributed by atoms with Crippen LogP contribution in [0.4, 0.5) is 13.2 Å². The first-order chi connectivity index (χ1) is 43.8. The van der Waals surface area contributed by atoms with Crippen LogP contribution in [0, 0.1) is 57.0 Å². The summed E-state index contributed by atoms with van der Waals surface area (Å²) in [6.45, 7) is 0. The first-order valence-corrected chi connectivity index (χ1v) is 27.9. The van der Waals surface area contributed by atoms with E-state index in [0.29, 0.717) is 50.0 Å². The summed E-state index contributed by atoms with van der Waals surface area (Å²) in [6, 6.07) is 90.9. The van der Waals surface area contributed by atoms with Crippen molar-refractivity contribution in [1.82, 2.24) is 9.13 Å². The number of benzene rings is 12. The van der Waals surface area contributed by atoms with Crippen molar-refractivity contribution in [3.63, 3.8) is 0 Å². The number of hydrogen-bond acceptors (Lipinski definition) is 6. The van der Waals surface area contributed by atoms with Crippen LogP contribution in [0.15, 0.2) is 251 Å². The zero-order valence-corrected chi connectivity index (χ0v) is 46.4. The van der Waals surface area contributed by atoms with E-state index in [9.17, 15) is 23.7 Å². The summed E-state index contributed by atoms with van der Waals surface area (Å²) in [5, 5.41) is 47.5. The van der Waals surface area contributed by atoms with Crippen LogP contribution in [0.3, 0.4) is 0 Å². The highest BCUT2D eigenvalue weighted by Crippen LogP contribution is 2.48. The molecular formula is C78H47F3N6O2. The highest BCUT2D eigenvalue weighted by Gasteiger charge is 2.32. The molecule has 0 unspecified atom stereocenters. The molecule has 16 aromatic rings. The molecule has 12 aromatic carbocycles. The smallest absolute Gasteiger partial charge is 0.181 e. The van der Waals surface area contributed by atoms with E-state index in [2.05, 4.69) is 191 Å². The van der Waals surface area contributed by atoms with Crippen LogP contribution < -0.4 is 0 Å². The molecule has 8 nitrogen and oxygen atoms in total. The fraction of sp³-hybridized carbons (Fsp3) is 0.0256. The summed E-state index contributed by atoms with van der Waals surface area (Å²) in [6.07, 6.45) is 0. The van der Waals surface area contributed by atoms with Gasteiger partial charge in [0.05, 0.1) is 52.9 Å². The van der Waals surface area contributed by atoms with Gasteiger partial charge >= 0.3 is 0 Å². The van der Waals surface area contributed by atoms with E-state index in [1.54, 1.807) is 36.4 Å². The maximum Gasteiger partial charge on any atom is 0.181 e. The van der Waals surface area contributed by atoms with E-state index in [1.165, 1.54) is 0 Å². The van der Waals surface area contributed by atoms with Crippen LogP contribution in [0.2, 0.25) is 0 Å². The Balaban J connectivity index is 0.000000273. The molecular weight excluding hydrogens is 1110 g/mol. The monoisotopic (exact) mass is 1160 g/mol. The predicted octanol–water partition coefficient (Wildman–Crippen LogP) is 21.0. The zero-order chi connectivity index (χ0) is 60.9. The van der Waals surface area contributed by atoms with E-state index in [-0.39, 0.29) is 18.4 Å². The molecule has 0 radical (unpaired) electrons. The average Bonchev–Trinajstić information content (AvgIpc) is 1.52. The molecule has 0 spiro atoms. The lowest BCUT2D eigenvalue weighted by atomic mass is 9.98. The van der Waals surface area contributed by atoms with Crippen molar-refractivity contribution in [3.8, 4) is 80.2 Å². The molecule has 0 aliphatic carbocycles. The lowest BCUT2D eigenvalue weighted by Gasteiger charge is -2.20. The topological polar surface area (TPSA) is 131 Å². The number of furan rings is 2. The number of nitriles is 4. The first kappa shape index (κ1) is 54.5. The summed E-state index contributed by atoms with van der Waals surface area (Å²) in [5.74, 6) is -2.68. The number of alkyl halides is 1. The van der Waals surface area contributed by atoms with Gasteiger partial charge in [0.25, 0.3) is 0 Å². The second-order valence-electron chi connectivity index (χ2n) is 20.9. The second-order valence-corrected chi connectivity index (χ2v) is 20.9.